The van der Waals surface area contributed by atoms with Crippen LogP contribution in [0, 0.1) is 0 Å². The highest BCUT2D eigenvalue weighted by Gasteiger charge is 2.19. The Bertz CT molecular complexity index is 692. The number of furan rings is 1. The van der Waals surface area contributed by atoms with Crippen LogP contribution in [0.5, 0.6) is 0 Å². The molecule has 0 fully saturated rings. The molecule has 5 nitrogen and oxygen atoms in total. The van der Waals surface area contributed by atoms with Crippen LogP contribution in [0.3, 0.4) is 0 Å². The monoisotopic (exact) mass is 394 g/mol. The minimum absolute atomic E-state index is 0.333. The third-order valence-electron chi connectivity index (χ3n) is 3.20. The van der Waals surface area contributed by atoms with Crippen molar-refractivity contribution in [2.24, 2.45) is 0 Å². The second kappa shape index (κ2) is 7.75. The van der Waals surface area contributed by atoms with E-state index in [1.165, 1.54) is 0 Å². The van der Waals surface area contributed by atoms with E-state index in [9.17, 15) is 4.79 Å². The van der Waals surface area contributed by atoms with Gasteiger partial charge in [0, 0.05) is 19.3 Å². The number of anilines is 1. The van der Waals surface area contributed by atoms with Crippen LogP contribution in [-0.2, 0) is 17.8 Å². The Kier molecular flexibility index (Phi) is 5.94. The van der Waals surface area contributed by atoms with Gasteiger partial charge >= 0.3 is 6.09 Å². The lowest BCUT2D eigenvalue weighted by molar-refractivity contribution is 0.0285. The van der Waals surface area contributed by atoms with Crippen molar-refractivity contribution in [2.45, 2.75) is 39.5 Å². The van der Waals surface area contributed by atoms with Crippen molar-refractivity contribution in [2.75, 3.05) is 12.4 Å². The molecule has 1 N–H and O–H groups in total. The van der Waals surface area contributed by atoms with Crippen LogP contribution in [0.1, 0.15) is 32.1 Å². The number of ether oxygens (including phenoxy) is 1. The van der Waals surface area contributed by atoms with Crippen molar-refractivity contribution < 1.29 is 13.9 Å². The molecule has 0 saturated carbocycles. The standard InChI is InChI=1S/C18H23BrN2O3/c1-18(2,3)24-17(22)21(4)12-13-6-5-7-14(10-13)20-11-16-15(19)8-9-23-16/h5-10,20H,11-12H2,1-4H3. The van der Waals surface area contributed by atoms with Gasteiger partial charge in [-0.3, -0.25) is 0 Å². The Labute approximate surface area is 151 Å². The van der Waals surface area contributed by atoms with Gasteiger partial charge in [0.2, 0.25) is 0 Å². The molecule has 1 heterocycles. The Morgan fingerprint density at radius 2 is 2.08 bits per heavy atom. The number of hydrogen-bond donors (Lipinski definition) is 1. The van der Waals surface area contributed by atoms with E-state index in [2.05, 4.69) is 21.2 Å². The van der Waals surface area contributed by atoms with Gasteiger partial charge in [0.05, 0.1) is 17.3 Å². The average molecular weight is 395 g/mol. The summed E-state index contributed by atoms with van der Waals surface area (Å²) < 4.78 is 11.7. The van der Waals surface area contributed by atoms with E-state index < -0.39 is 5.60 Å². The molecule has 1 aromatic heterocycles. The zero-order valence-corrected chi connectivity index (χ0v) is 16.0. The van der Waals surface area contributed by atoms with Crippen LogP contribution in [0.25, 0.3) is 0 Å². The third kappa shape index (κ3) is 5.60. The molecular formula is C18H23BrN2O3. The molecule has 2 rings (SSSR count). The van der Waals surface area contributed by atoms with Gasteiger partial charge in [-0.1, -0.05) is 12.1 Å². The fraction of sp³-hybridized carbons (Fsp3) is 0.389. The number of nitrogens with zero attached hydrogens (tertiary/aromatic N) is 1. The lowest BCUT2D eigenvalue weighted by atomic mass is 10.2. The van der Waals surface area contributed by atoms with Gasteiger partial charge in [-0.05, 0) is 60.5 Å². The highest BCUT2D eigenvalue weighted by Crippen LogP contribution is 2.20. The molecule has 0 spiro atoms. The summed E-state index contributed by atoms with van der Waals surface area (Å²) in [5.74, 6) is 0.839. The van der Waals surface area contributed by atoms with Gasteiger partial charge in [-0.25, -0.2) is 4.79 Å². The van der Waals surface area contributed by atoms with Crippen molar-refractivity contribution >= 4 is 27.7 Å². The minimum Gasteiger partial charge on any atom is -0.466 e. The molecule has 24 heavy (non-hydrogen) atoms. The van der Waals surface area contributed by atoms with Crippen LogP contribution in [0.2, 0.25) is 0 Å². The molecule has 2 aromatic rings. The van der Waals surface area contributed by atoms with Crippen molar-refractivity contribution in [1.29, 1.82) is 0 Å². The molecule has 0 bridgehead atoms. The molecule has 6 heteroatoms. The maximum absolute atomic E-state index is 12.0. The summed E-state index contributed by atoms with van der Waals surface area (Å²) in [6.45, 7) is 6.63. The maximum Gasteiger partial charge on any atom is 0.410 e. The maximum atomic E-state index is 12.0. The van der Waals surface area contributed by atoms with E-state index in [1.807, 2.05) is 51.1 Å². The summed E-state index contributed by atoms with van der Waals surface area (Å²) in [7, 11) is 1.73. The fourth-order valence-corrected chi connectivity index (χ4v) is 2.43. The third-order valence-corrected chi connectivity index (χ3v) is 3.90. The first-order valence-electron chi connectivity index (χ1n) is 7.73. The predicted molar refractivity (Wildman–Crippen MR) is 97.9 cm³/mol. The summed E-state index contributed by atoms with van der Waals surface area (Å²) in [6.07, 6.45) is 1.31. The Morgan fingerprint density at radius 3 is 2.71 bits per heavy atom. The Hall–Kier alpha value is -1.95. The summed E-state index contributed by atoms with van der Waals surface area (Å²) in [4.78, 5) is 13.6. The van der Waals surface area contributed by atoms with Gasteiger partial charge < -0.3 is 19.4 Å². The zero-order valence-electron chi connectivity index (χ0n) is 14.4. The predicted octanol–water partition coefficient (Wildman–Crippen LogP) is 5.02. The molecule has 0 radical (unpaired) electrons. The summed E-state index contributed by atoms with van der Waals surface area (Å²) in [5, 5.41) is 3.31. The van der Waals surface area contributed by atoms with Crippen molar-refractivity contribution in [1.82, 2.24) is 4.90 Å². The SMILES string of the molecule is CN(Cc1cccc(NCc2occc2Br)c1)C(=O)OC(C)(C)C. The van der Waals surface area contributed by atoms with E-state index in [4.69, 9.17) is 9.15 Å². The van der Waals surface area contributed by atoms with Crippen LogP contribution in [-0.4, -0.2) is 23.6 Å². The van der Waals surface area contributed by atoms with E-state index in [-0.39, 0.29) is 6.09 Å². The largest absolute Gasteiger partial charge is 0.466 e. The topological polar surface area (TPSA) is 54.7 Å². The highest BCUT2D eigenvalue weighted by atomic mass is 79.9. The van der Waals surface area contributed by atoms with Gasteiger partial charge in [0.1, 0.15) is 11.4 Å². The normalized spacial score (nSPS) is 11.2. The summed E-state index contributed by atoms with van der Waals surface area (Å²) in [6, 6.07) is 9.79. The number of carbonyl (C=O) groups is 1. The van der Waals surface area contributed by atoms with E-state index in [0.717, 1.165) is 21.5 Å². The number of carbonyl (C=O) groups excluding carboxylic acids is 1. The van der Waals surface area contributed by atoms with Gasteiger partial charge in [0.15, 0.2) is 0 Å². The molecule has 0 atom stereocenters. The lowest BCUT2D eigenvalue weighted by Gasteiger charge is -2.24. The Morgan fingerprint density at radius 1 is 1.33 bits per heavy atom. The van der Waals surface area contributed by atoms with Gasteiger partial charge in [0.25, 0.3) is 0 Å². The van der Waals surface area contributed by atoms with Crippen LogP contribution in [0.15, 0.2) is 45.5 Å². The number of rotatable bonds is 5. The first-order valence-corrected chi connectivity index (χ1v) is 8.53. The van der Waals surface area contributed by atoms with Crippen LogP contribution >= 0.6 is 15.9 Å². The molecule has 0 aliphatic carbocycles. The van der Waals surface area contributed by atoms with E-state index in [0.29, 0.717) is 13.1 Å². The second-order valence-corrected chi connectivity index (χ2v) is 7.44. The lowest BCUT2D eigenvalue weighted by Crippen LogP contribution is -2.33. The van der Waals surface area contributed by atoms with Gasteiger partial charge in [-0.15, -0.1) is 0 Å². The number of nitrogens with one attached hydrogen (secondary N) is 1. The fourth-order valence-electron chi connectivity index (χ4n) is 2.09. The molecule has 0 aliphatic heterocycles. The molecule has 1 amide bonds. The Balaban J connectivity index is 1.94. The van der Waals surface area contributed by atoms with E-state index >= 15 is 0 Å². The molecule has 130 valence electrons. The van der Waals surface area contributed by atoms with Crippen molar-refractivity contribution in [3.8, 4) is 0 Å². The quantitative estimate of drug-likeness (QED) is 0.772. The summed E-state index contributed by atoms with van der Waals surface area (Å²) >= 11 is 3.43. The zero-order chi connectivity index (χ0) is 17.7. The first kappa shape index (κ1) is 18.4. The second-order valence-electron chi connectivity index (χ2n) is 6.58. The minimum atomic E-state index is -0.495. The van der Waals surface area contributed by atoms with Crippen molar-refractivity contribution in [3.05, 3.63) is 52.4 Å². The summed E-state index contributed by atoms with van der Waals surface area (Å²) in [5.41, 5.74) is 1.49. The number of amides is 1. The van der Waals surface area contributed by atoms with Crippen LogP contribution in [0.4, 0.5) is 10.5 Å². The van der Waals surface area contributed by atoms with E-state index in [1.54, 1.807) is 18.2 Å². The molecular weight excluding hydrogens is 372 g/mol. The molecule has 0 unspecified atom stereocenters. The molecule has 0 aliphatic rings. The first-order chi connectivity index (χ1) is 11.2. The number of halogens is 1. The van der Waals surface area contributed by atoms with Crippen molar-refractivity contribution in [3.63, 3.8) is 0 Å². The molecule has 0 saturated heterocycles. The number of hydrogen-bond acceptors (Lipinski definition) is 4. The average Bonchev–Trinajstić information content (AvgIpc) is 2.89. The smallest absolute Gasteiger partial charge is 0.410 e. The number of benzene rings is 1. The highest BCUT2D eigenvalue weighted by molar-refractivity contribution is 9.10. The molecule has 1 aromatic carbocycles. The van der Waals surface area contributed by atoms with Gasteiger partial charge in [-0.2, -0.15) is 0 Å². The van der Waals surface area contributed by atoms with Crippen LogP contribution < -0.4 is 5.32 Å².